The Kier molecular flexibility index (Phi) is 5.12. The summed E-state index contributed by atoms with van der Waals surface area (Å²) in [6.07, 6.45) is 1.45. The van der Waals surface area contributed by atoms with E-state index in [0.717, 1.165) is 10.8 Å². The van der Waals surface area contributed by atoms with Gasteiger partial charge in [0.25, 0.3) is 0 Å². The van der Waals surface area contributed by atoms with Crippen LogP contribution in [0, 0.1) is 5.82 Å². The molecule has 156 valence electrons. The van der Waals surface area contributed by atoms with Gasteiger partial charge in [-0.15, -0.1) is 0 Å². The van der Waals surface area contributed by atoms with Gasteiger partial charge in [0.05, 0.1) is 28.9 Å². The van der Waals surface area contributed by atoms with Crippen molar-refractivity contribution >= 4 is 46.6 Å². The summed E-state index contributed by atoms with van der Waals surface area (Å²) in [5.74, 6) is 0.668. The zero-order valence-electron chi connectivity index (χ0n) is 17.4. The topological polar surface area (TPSA) is 65.5 Å². The van der Waals surface area contributed by atoms with E-state index < -0.39 is 24.1 Å². The van der Waals surface area contributed by atoms with Crippen molar-refractivity contribution in [1.29, 1.82) is 0 Å². The maximum atomic E-state index is 13.5. The fourth-order valence-electron chi connectivity index (χ4n) is 3.24. The molecule has 30 heavy (non-hydrogen) atoms. The molecule has 2 aromatic carbocycles. The zero-order chi connectivity index (χ0) is 21.7. The van der Waals surface area contributed by atoms with E-state index in [-0.39, 0.29) is 5.02 Å². The molecule has 0 bridgehead atoms. The molecule has 1 N–H and O–H groups in total. The largest absolute Gasteiger partial charge is 0.498 e. The van der Waals surface area contributed by atoms with Gasteiger partial charge in [-0.1, -0.05) is 11.6 Å². The van der Waals surface area contributed by atoms with E-state index >= 15 is 0 Å². The molecule has 2 heterocycles. The van der Waals surface area contributed by atoms with Crippen LogP contribution in [-0.2, 0) is 9.31 Å². The number of fused-ring (bicyclic) bond motifs is 1. The first kappa shape index (κ1) is 20.8. The van der Waals surface area contributed by atoms with Crippen LogP contribution in [0.3, 0.4) is 0 Å². The van der Waals surface area contributed by atoms with E-state index in [9.17, 15) is 4.39 Å². The van der Waals surface area contributed by atoms with Crippen LogP contribution < -0.4 is 15.5 Å². The summed E-state index contributed by atoms with van der Waals surface area (Å²) in [4.78, 5) is 8.70. The lowest BCUT2D eigenvalue weighted by Crippen LogP contribution is -2.41. The second kappa shape index (κ2) is 7.37. The van der Waals surface area contributed by atoms with Crippen molar-refractivity contribution in [2.75, 3.05) is 12.4 Å². The van der Waals surface area contributed by atoms with Crippen LogP contribution in [0.25, 0.3) is 10.9 Å². The molecule has 3 aromatic rings. The van der Waals surface area contributed by atoms with Gasteiger partial charge in [-0.25, -0.2) is 14.4 Å². The normalized spacial score (nSPS) is 17.4. The first-order chi connectivity index (χ1) is 14.1. The average Bonchev–Trinajstić information content (AvgIpc) is 2.91. The van der Waals surface area contributed by atoms with Gasteiger partial charge in [0.1, 0.15) is 23.7 Å². The van der Waals surface area contributed by atoms with Crippen LogP contribution in [0.5, 0.6) is 5.75 Å². The van der Waals surface area contributed by atoms with Crippen molar-refractivity contribution in [3.8, 4) is 5.75 Å². The van der Waals surface area contributed by atoms with E-state index in [4.69, 9.17) is 25.6 Å². The third kappa shape index (κ3) is 3.60. The number of hydrogen-bond acceptors (Lipinski definition) is 6. The molecule has 0 amide bonds. The van der Waals surface area contributed by atoms with Crippen LogP contribution in [0.4, 0.5) is 15.9 Å². The van der Waals surface area contributed by atoms with Gasteiger partial charge < -0.3 is 19.4 Å². The first-order valence-corrected chi connectivity index (χ1v) is 9.89. The van der Waals surface area contributed by atoms with Gasteiger partial charge in [0.2, 0.25) is 0 Å². The quantitative estimate of drug-likeness (QED) is 0.617. The lowest BCUT2D eigenvalue weighted by molar-refractivity contribution is 0.00578. The summed E-state index contributed by atoms with van der Waals surface area (Å²) in [5.41, 5.74) is 1.04. The number of nitrogens with one attached hydrogen (secondary N) is 1. The van der Waals surface area contributed by atoms with E-state index in [2.05, 4.69) is 15.3 Å². The van der Waals surface area contributed by atoms with Crippen molar-refractivity contribution < 1.29 is 18.4 Å². The molecule has 0 spiro atoms. The molecule has 6 nitrogen and oxygen atoms in total. The lowest BCUT2D eigenvalue weighted by Gasteiger charge is -2.32. The van der Waals surface area contributed by atoms with Gasteiger partial charge in [0, 0.05) is 22.6 Å². The minimum atomic E-state index is -0.609. The standard InChI is InChI=1S/C21H22BClFN3O3/c1-20(2)21(3,4)30-22(29-20)14-9-13-17(10-18(14)28-5)25-11-26-19(13)27-12-6-7-16(24)15(23)8-12/h6-11H,1-5H3,(H,25,26,27). The Morgan fingerprint density at radius 1 is 1.07 bits per heavy atom. The third-order valence-corrected chi connectivity index (χ3v) is 5.97. The first-order valence-electron chi connectivity index (χ1n) is 9.52. The number of nitrogens with zero attached hydrogens (tertiary/aromatic N) is 2. The van der Waals surface area contributed by atoms with Gasteiger partial charge in [0.15, 0.2) is 0 Å². The van der Waals surface area contributed by atoms with Crippen molar-refractivity contribution in [3.63, 3.8) is 0 Å². The second-order valence-corrected chi connectivity index (χ2v) is 8.58. The number of hydrogen-bond donors (Lipinski definition) is 1. The number of aromatic nitrogens is 2. The van der Waals surface area contributed by atoms with Gasteiger partial charge >= 0.3 is 7.12 Å². The molecule has 1 fully saturated rings. The van der Waals surface area contributed by atoms with Gasteiger partial charge in [-0.3, -0.25) is 0 Å². The second-order valence-electron chi connectivity index (χ2n) is 8.18. The Morgan fingerprint density at radius 2 is 1.77 bits per heavy atom. The highest BCUT2D eigenvalue weighted by atomic mass is 35.5. The van der Waals surface area contributed by atoms with E-state index in [1.165, 1.54) is 18.5 Å². The molecular formula is C21H22BClFN3O3. The number of benzene rings is 2. The van der Waals surface area contributed by atoms with Crippen LogP contribution in [0.15, 0.2) is 36.7 Å². The Labute approximate surface area is 179 Å². The molecule has 1 aliphatic heterocycles. The Hall–Kier alpha value is -2.42. The van der Waals surface area contributed by atoms with Crippen LogP contribution in [0.1, 0.15) is 27.7 Å². The van der Waals surface area contributed by atoms with Crippen molar-refractivity contribution in [2.45, 2.75) is 38.9 Å². The zero-order valence-corrected chi connectivity index (χ0v) is 18.2. The van der Waals surface area contributed by atoms with Crippen LogP contribution >= 0.6 is 11.6 Å². The molecule has 0 atom stereocenters. The summed E-state index contributed by atoms with van der Waals surface area (Å²) >= 11 is 5.91. The van der Waals surface area contributed by atoms with Crippen LogP contribution in [-0.4, -0.2) is 35.4 Å². The molecule has 0 aliphatic carbocycles. The minimum Gasteiger partial charge on any atom is -0.497 e. The summed E-state index contributed by atoms with van der Waals surface area (Å²) in [7, 11) is 0.985. The number of anilines is 2. The predicted octanol–water partition coefficient (Wildman–Crippen LogP) is 4.47. The van der Waals surface area contributed by atoms with E-state index in [1.54, 1.807) is 13.2 Å². The van der Waals surface area contributed by atoms with Crippen LogP contribution in [0.2, 0.25) is 5.02 Å². The number of rotatable bonds is 4. The summed E-state index contributed by atoms with van der Waals surface area (Å²) in [5, 5.41) is 3.94. The number of ether oxygens (including phenoxy) is 1. The van der Waals surface area contributed by atoms with Crippen molar-refractivity contribution in [1.82, 2.24) is 9.97 Å². The summed E-state index contributed by atoms with van der Waals surface area (Å²) in [6.45, 7) is 7.98. The molecule has 1 aromatic heterocycles. The SMILES string of the molecule is COc1cc2ncnc(Nc3ccc(F)c(Cl)c3)c2cc1B1OC(C)(C)C(C)(C)O1. The monoisotopic (exact) mass is 429 g/mol. The fraction of sp³-hybridized carbons (Fsp3) is 0.333. The lowest BCUT2D eigenvalue weighted by atomic mass is 9.77. The Balaban J connectivity index is 1.79. The fourth-order valence-corrected chi connectivity index (χ4v) is 3.42. The molecule has 1 aliphatic rings. The minimum absolute atomic E-state index is 0.0259. The smallest absolute Gasteiger partial charge is 0.497 e. The van der Waals surface area contributed by atoms with Crippen molar-refractivity contribution in [2.24, 2.45) is 0 Å². The summed E-state index contributed by atoms with van der Waals surface area (Å²) in [6, 6.07) is 8.11. The highest BCUT2D eigenvalue weighted by Crippen LogP contribution is 2.38. The van der Waals surface area contributed by atoms with E-state index in [1.807, 2.05) is 39.8 Å². The maximum Gasteiger partial charge on any atom is 0.498 e. The molecule has 9 heteroatoms. The number of halogens is 2. The molecule has 0 saturated carbocycles. The maximum absolute atomic E-state index is 13.5. The third-order valence-electron chi connectivity index (χ3n) is 5.68. The van der Waals surface area contributed by atoms with Gasteiger partial charge in [-0.05, 0) is 52.0 Å². The Bertz CT molecular complexity index is 1110. The number of methoxy groups -OCH3 is 1. The van der Waals surface area contributed by atoms with Crippen molar-refractivity contribution in [3.05, 3.63) is 47.5 Å². The van der Waals surface area contributed by atoms with E-state index in [0.29, 0.717) is 22.8 Å². The molecule has 4 rings (SSSR count). The molecular weight excluding hydrogens is 408 g/mol. The Morgan fingerprint density at radius 3 is 2.40 bits per heavy atom. The molecule has 0 radical (unpaired) electrons. The average molecular weight is 430 g/mol. The summed E-state index contributed by atoms with van der Waals surface area (Å²) < 4.78 is 31.5. The molecule has 1 saturated heterocycles. The highest BCUT2D eigenvalue weighted by Gasteiger charge is 2.52. The highest BCUT2D eigenvalue weighted by molar-refractivity contribution is 6.63. The predicted molar refractivity (Wildman–Crippen MR) is 116 cm³/mol. The van der Waals surface area contributed by atoms with Gasteiger partial charge in [-0.2, -0.15) is 0 Å². The molecule has 0 unspecified atom stereocenters.